The summed E-state index contributed by atoms with van der Waals surface area (Å²) < 4.78 is 32.5. The van der Waals surface area contributed by atoms with Gasteiger partial charge in [0.25, 0.3) is 0 Å². The lowest BCUT2D eigenvalue weighted by atomic mass is 10.1. The Bertz CT molecular complexity index is 569. The van der Waals surface area contributed by atoms with E-state index in [9.17, 15) is 8.42 Å². The Kier molecular flexibility index (Phi) is 5.65. The minimum atomic E-state index is -3.44. The van der Waals surface area contributed by atoms with Crippen molar-refractivity contribution in [3.8, 4) is 5.75 Å². The summed E-state index contributed by atoms with van der Waals surface area (Å²) in [5, 5.41) is 0. The molecule has 1 aliphatic rings. The minimum Gasteiger partial charge on any atom is -0.488 e. The molecule has 5 heteroatoms. The van der Waals surface area contributed by atoms with Crippen molar-refractivity contribution in [2.24, 2.45) is 0 Å². The van der Waals surface area contributed by atoms with Crippen LogP contribution in [0.25, 0.3) is 0 Å². The third-order valence-corrected chi connectivity index (χ3v) is 5.22. The van der Waals surface area contributed by atoms with Crippen LogP contribution < -0.4 is 9.46 Å². The standard InChI is InChI=1S/C16H25NO3S/c1-3-4-5-6-7-8-14-9-10-16-15(11-14)20-13(2)12-17-21(16,18)19/h9-11,13,17H,3-8,12H2,1-2H3/t13-/m1/s1. The monoisotopic (exact) mass is 311 g/mol. The first-order valence-electron chi connectivity index (χ1n) is 7.82. The van der Waals surface area contributed by atoms with Crippen LogP contribution in [0.5, 0.6) is 5.75 Å². The number of rotatable bonds is 6. The molecule has 0 bridgehead atoms. The Morgan fingerprint density at radius 2 is 2.00 bits per heavy atom. The van der Waals surface area contributed by atoms with E-state index < -0.39 is 10.0 Å². The molecule has 1 atom stereocenters. The number of hydrogen-bond donors (Lipinski definition) is 1. The van der Waals surface area contributed by atoms with Crippen LogP contribution in [0.3, 0.4) is 0 Å². The average Bonchev–Trinajstić information content (AvgIpc) is 2.55. The van der Waals surface area contributed by atoms with Gasteiger partial charge in [-0.1, -0.05) is 38.7 Å². The molecule has 0 radical (unpaired) electrons. The fourth-order valence-electron chi connectivity index (χ4n) is 2.52. The van der Waals surface area contributed by atoms with Gasteiger partial charge in [-0.25, -0.2) is 13.1 Å². The second-order valence-corrected chi connectivity index (χ2v) is 7.46. The van der Waals surface area contributed by atoms with Crippen molar-refractivity contribution in [1.29, 1.82) is 0 Å². The number of benzene rings is 1. The van der Waals surface area contributed by atoms with Gasteiger partial charge in [0.1, 0.15) is 16.7 Å². The van der Waals surface area contributed by atoms with E-state index in [1.807, 2.05) is 19.1 Å². The molecule has 0 fully saturated rings. The minimum absolute atomic E-state index is 0.152. The smallest absolute Gasteiger partial charge is 0.244 e. The molecule has 118 valence electrons. The summed E-state index contributed by atoms with van der Waals surface area (Å²) in [6, 6.07) is 5.45. The Balaban J connectivity index is 2.07. The van der Waals surface area contributed by atoms with E-state index in [1.165, 1.54) is 25.7 Å². The molecule has 0 aliphatic carbocycles. The molecule has 0 saturated carbocycles. The third kappa shape index (κ3) is 4.45. The predicted octanol–water partition coefficient (Wildman–Crippen LogP) is 3.26. The second kappa shape index (κ2) is 7.27. The largest absolute Gasteiger partial charge is 0.488 e. The molecule has 1 N–H and O–H groups in total. The maximum Gasteiger partial charge on any atom is 0.244 e. The van der Waals surface area contributed by atoms with E-state index in [-0.39, 0.29) is 11.0 Å². The Morgan fingerprint density at radius 3 is 2.76 bits per heavy atom. The van der Waals surface area contributed by atoms with Crippen molar-refractivity contribution in [2.45, 2.75) is 63.4 Å². The van der Waals surface area contributed by atoms with E-state index in [0.29, 0.717) is 12.3 Å². The Hall–Kier alpha value is -1.07. The number of sulfonamides is 1. The predicted molar refractivity (Wildman–Crippen MR) is 84.2 cm³/mol. The van der Waals surface area contributed by atoms with E-state index in [4.69, 9.17) is 4.74 Å². The van der Waals surface area contributed by atoms with Crippen LogP contribution in [-0.2, 0) is 16.4 Å². The number of fused-ring (bicyclic) bond motifs is 1. The summed E-state index contributed by atoms with van der Waals surface area (Å²) in [6.45, 7) is 4.39. The quantitative estimate of drug-likeness (QED) is 0.820. The lowest BCUT2D eigenvalue weighted by Crippen LogP contribution is -2.29. The molecule has 1 aromatic rings. The first-order chi connectivity index (χ1) is 10.0. The van der Waals surface area contributed by atoms with E-state index in [0.717, 1.165) is 18.4 Å². The van der Waals surface area contributed by atoms with Crippen LogP contribution >= 0.6 is 0 Å². The van der Waals surface area contributed by atoms with Gasteiger partial charge in [0, 0.05) is 6.54 Å². The highest BCUT2D eigenvalue weighted by Crippen LogP contribution is 2.28. The lowest BCUT2D eigenvalue weighted by Gasteiger charge is -2.12. The summed E-state index contributed by atoms with van der Waals surface area (Å²) >= 11 is 0. The number of hydrogen-bond acceptors (Lipinski definition) is 3. The molecule has 1 aromatic carbocycles. The molecule has 1 aliphatic heterocycles. The molecule has 0 unspecified atom stereocenters. The van der Waals surface area contributed by atoms with Gasteiger partial charge in [0.05, 0.1) is 0 Å². The maximum atomic E-state index is 12.1. The highest BCUT2D eigenvalue weighted by molar-refractivity contribution is 7.89. The van der Waals surface area contributed by atoms with Crippen molar-refractivity contribution < 1.29 is 13.2 Å². The zero-order valence-electron chi connectivity index (χ0n) is 12.9. The number of aryl methyl sites for hydroxylation is 1. The van der Waals surface area contributed by atoms with Crippen LogP contribution in [0.1, 0.15) is 51.5 Å². The summed E-state index contributed by atoms with van der Waals surface area (Å²) in [5.41, 5.74) is 1.15. The van der Waals surface area contributed by atoms with Crippen LogP contribution in [0.15, 0.2) is 23.1 Å². The highest BCUT2D eigenvalue weighted by atomic mass is 32.2. The zero-order valence-corrected chi connectivity index (χ0v) is 13.7. The first-order valence-corrected chi connectivity index (χ1v) is 9.30. The summed E-state index contributed by atoms with van der Waals surface area (Å²) in [7, 11) is -3.44. The SMILES string of the molecule is CCCCCCCc1ccc2c(c1)O[C@H](C)CNS2(=O)=O. The van der Waals surface area contributed by atoms with Gasteiger partial charge in [0.2, 0.25) is 10.0 Å². The zero-order chi connectivity index (χ0) is 15.3. The molecule has 0 saturated heterocycles. The van der Waals surface area contributed by atoms with Crippen molar-refractivity contribution in [2.75, 3.05) is 6.54 Å². The molecule has 0 spiro atoms. The summed E-state index contributed by atoms with van der Waals surface area (Å²) in [6.07, 6.45) is 6.99. The van der Waals surface area contributed by atoms with Gasteiger partial charge in [-0.2, -0.15) is 0 Å². The third-order valence-electron chi connectivity index (χ3n) is 3.76. The second-order valence-electron chi connectivity index (χ2n) is 5.73. The van der Waals surface area contributed by atoms with E-state index in [2.05, 4.69) is 11.6 Å². The topological polar surface area (TPSA) is 55.4 Å². The number of ether oxygens (including phenoxy) is 1. The molecule has 2 rings (SSSR count). The van der Waals surface area contributed by atoms with Gasteiger partial charge < -0.3 is 4.74 Å². The summed E-state index contributed by atoms with van der Waals surface area (Å²) in [5.74, 6) is 0.485. The van der Waals surface area contributed by atoms with Gasteiger partial charge in [-0.3, -0.25) is 0 Å². The normalized spacial score (nSPS) is 20.4. The molecule has 4 nitrogen and oxygen atoms in total. The van der Waals surface area contributed by atoms with Crippen molar-refractivity contribution in [1.82, 2.24) is 4.72 Å². The summed E-state index contributed by atoms with van der Waals surface area (Å²) in [4.78, 5) is 0.251. The number of nitrogens with one attached hydrogen (secondary N) is 1. The van der Waals surface area contributed by atoms with Crippen molar-refractivity contribution >= 4 is 10.0 Å². The molecule has 0 amide bonds. The first kappa shape index (κ1) is 16.3. The molecule has 21 heavy (non-hydrogen) atoms. The van der Waals surface area contributed by atoms with Crippen molar-refractivity contribution in [3.05, 3.63) is 23.8 Å². The van der Waals surface area contributed by atoms with E-state index in [1.54, 1.807) is 6.07 Å². The fraction of sp³-hybridized carbons (Fsp3) is 0.625. The molecular weight excluding hydrogens is 286 g/mol. The Morgan fingerprint density at radius 1 is 1.24 bits per heavy atom. The van der Waals surface area contributed by atoms with Crippen LogP contribution in [0.2, 0.25) is 0 Å². The van der Waals surface area contributed by atoms with E-state index >= 15 is 0 Å². The van der Waals surface area contributed by atoms with Crippen LogP contribution in [-0.4, -0.2) is 21.1 Å². The number of unbranched alkanes of at least 4 members (excludes halogenated alkanes) is 4. The lowest BCUT2D eigenvalue weighted by molar-refractivity contribution is 0.224. The van der Waals surface area contributed by atoms with Crippen molar-refractivity contribution in [3.63, 3.8) is 0 Å². The van der Waals surface area contributed by atoms with Crippen LogP contribution in [0.4, 0.5) is 0 Å². The van der Waals surface area contributed by atoms with Gasteiger partial charge in [0.15, 0.2) is 0 Å². The molecular formula is C16H25NO3S. The molecule has 1 heterocycles. The van der Waals surface area contributed by atoms with Gasteiger partial charge >= 0.3 is 0 Å². The maximum absolute atomic E-state index is 12.1. The van der Waals surface area contributed by atoms with Gasteiger partial charge in [-0.15, -0.1) is 0 Å². The average molecular weight is 311 g/mol. The van der Waals surface area contributed by atoms with Crippen LogP contribution in [0, 0.1) is 0 Å². The Labute approximate surface area is 127 Å². The highest BCUT2D eigenvalue weighted by Gasteiger charge is 2.25. The fourth-order valence-corrected chi connectivity index (χ4v) is 3.75. The van der Waals surface area contributed by atoms with Gasteiger partial charge in [-0.05, 0) is 37.5 Å². The molecule has 0 aromatic heterocycles.